The highest BCUT2D eigenvalue weighted by Gasteiger charge is 2.40. The van der Waals surface area contributed by atoms with Crippen LogP contribution in [0.5, 0.6) is 0 Å². The van der Waals surface area contributed by atoms with Crippen molar-refractivity contribution >= 4 is 17.7 Å². The van der Waals surface area contributed by atoms with E-state index in [1.165, 1.54) is 0 Å². The van der Waals surface area contributed by atoms with Gasteiger partial charge in [-0.2, -0.15) is 0 Å². The SMILES string of the molecule is CC(C)CC[C@@H]1NCCN([C@@H](CC(C)C)C(=O)N2CCC(C3CNC(=O)C3)CC2)C1=O. The summed E-state index contributed by atoms with van der Waals surface area (Å²) in [6.07, 6.45) is 5.07. The third-order valence-electron chi connectivity index (χ3n) is 7.24. The maximum absolute atomic E-state index is 13.6. The summed E-state index contributed by atoms with van der Waals surface area (Å²) in [4.78, 5) is 42.2. The van der Waals surface area contributed by atoms with E-state index in [9.17, 15) is 14.4 Å². The van der Waals surface area contributed by atoms with E-state index in [4.69, 9.17) is 0 Å². The maximum Gasteiger partial charge on any atom is 0.245 e. The van der Waals surface area contributed by atoms with Gasteiger partial charge in [0.1, 0.15) is 6.04 Å². The minimum absolute atomic E-state index is 0.0938. The molecule has 3 atom stereocenters. The van der Waals surface area contributed by atoms with Crippen LogP contribution < -0.4 is 10.6 Å². The molecule has 0 spiro atoms. The Balaban J connectivity index is 1.62. The molecule has 0 aromatic rings. The number of piperazine rings is 1. The monoisotopic (exact) mass is 434 g/mol. The lowest BCUT2D eigenvalue weighted by molar-refractivity contribution is -0.150. The molecule has 3 saturated heterocycles. The molecule has 0 saturated carbocycles. The van der Waals surface area contributed by atoms with Gasteiger partial charge in [0, 0.05) is 39.1 Å². The Hall–Kier alpha value is -1.63. The van der Waals surface area contributed by atoms with E-state index in [1.54, 1.807) is 0 Å². The molecule has 0 bridgehead atoms. The predicted molar refractivity (Wildman–Crippen MR) is 121 cm³/mol. The van der Waals surface area contributed by atoms with E-state index >= 15 is 0 Å². The van der Waals surface area contributed by atoms with Crippen LogP contribution in [0.25, 0.3) is 0 Å². The van der Waals surface area contributed by atoms with Crippen molar-refractivity contribution in [2.24, 2.45) is 23.7 Å². The molecule has 176 valence electrons. The molecule has 3 aliphatic heterocycles. The van der Waals surface area contributed by atoms with Gasteiger partial charge in [0.15, 0.2) is 0 Å². The molecule has 3 amide bonds. The molecule has 0 aromatic carbocycles. The van der Waals surface area contributed by atoms with Crippen molar-refractivity contribution < 1.29 is 14.4 Å². The number of likely N-dealkylation sites (tertiary alicyclic amines) is 1. The number of carbonyl (C=O) groups excluding carboxylic acids is 3. The molecule has 7 nitrogen and oxygen atoms in total. The van der Waals surface area contributed by atoms with Crippen molar-refractivity contribution in [2.45, 2.75) is 78.3 Å². The topological polar surface area (TPSA) is 81.8 Å². The molecule has 0 aromatic heterocycles. The third kappa shape index (κ3) is 6.21. The number of carbonyl (C=O) groups is 3. The minimum atomic E-state index is -0.359. The molecule has 0 aliphatic carbocycles. The first-order valence-electron chi connectivity index (χ1n) is 12.4. The quantitative estimate of drug-likeness (QED) is 0.612. The minimum Gasteiger partial charge on any atom is -0.356 e. The Kier molecular flexibility index (Phi) is 8.36. The van der Waals surface area contributed by atoms with E-state index < -0.39 is 0 Å². The van der Waals surface area contributed by atoms with Crippen LogP contribution in [0.3, 0.4) is 0 Å². The molecule has 3 heterocycles. The van der Waals surface area contributed by atoms with E-state index in [1.807, 2.05) is 9.80 Å². The van der Waals surface area contributed by atoms with Gasteiger partial charge < -0.3 is 20.4 Å². The molecule has 1 unspecified atom stereocenters. The maximum atomic E-state index is 13.6. The normalized spacial score (nSPS) is 26.6. The van der Waals surface area contributed by atoms with Crippen molar-refractivity contribution in [3.05, 3.63) is 0 Å². The summed E-state index contributed by atoms with van der Waals surface area (Å²) >= 11 is 0. The average molecular weight is 435 g/mol. The number of nitrogens with one attached hydrogen (secondary N) is 2. The predicted octanol–water partition coefficient (Wildman–Crippen LogP) is 2.01. The Morgan fingerprint density at radius 3 is 2.32 bits per heavy atom. The number of amides is 3. The van der Waals surface area contributed by atoms with Gasteiger partial charge in [0.05, 0.1) is 6.04 Å². The highest BCUT2D eigenvalue weighted by molar-refractivity contribution is 5.90. The fourth-order valence-corrected chi connectivity index (χ4v) is 5.36. The van der Waals surface area contributed by atoms with Gasteiger partial charge in [-0.15, -0.1) is 0 Å². The highest BCUT2D eigenvalue weighted by Crippen LogP contribution is 2.30. The standard InChI is InChI=1S/C24H42N4O3/c1-16(2)5-6-20-23(30)28(12-9-25-20)21(13-17(3)4)24(31)27-10-7-18(8-11-27)19-14-22(29)26-15-19/h16-21,25H,5-15H2,1-4H3,(H,26,29)/t19?,20-,21-/m0/s1. The fraction of sp³-hybridized carbons (Fsp3) is 0.875. The van der Waals surface area contributed by atoms with Gasteiger partial charge in [0.2, 0.25) is 17.7 Å². The Morgan fingerprint density at radius 2 is 1.74 bits per heavy atom. The number of hydrogen-bond donors (Lipinski definition) is 2. The lowest BCUT2D eigenvalue weighted by atomic mass is 9.83. The molecule has 31 heavy (non-hydrogen) atoms. The zero-order valence-electron chi connectivity index (χ0n) is 19.9. The molecule has 0 radical (unpaired) electrons. The van der Waals surface area contributed by atoms with Gasteiger partial charge in [-0.3, -0.25) is 14.4 Å². The zero-order valence-corrected chi connectivity index (χ0v) is 19.9. The molecule has 3 fully saturated rings. The highest BCUT2D eigenvalue weighted by atomic mass is 16.2. The van der Waals surface area contributed by atoms with Gasteiger partial charge in [0.25, 0.3) is 0 Å². The summed E-state index contributed by atoms with van der Waals surface area (Å²) in [5.41, 5.74) is 0. The lowest BCUT2D eigenvalue weighted by Gasteiger charge is -2.42. The van der Waals surface area contributed by atoms with Crippen LogP contribution in [-0.2, 0) is 14.4 Å². The molecule has 2 N–H and O–H groups in total. The van der Waals surface area contributed by atoms with Crippen molar-refractivity contribution in [1.82, 2.24) is 20.4 Å². The van der Waals surface area contributed by atoms with Crippen molar-refractivity contribution in [2.75, 3.05) is 32.7 Å². The second-order valence-electron chi connectivity index (χ2n) is 10.6. The molecule has 7 heteroatoms. The van der Waals surface area contributed by atoms with Crippen LogP contribution in [0.15, 0.2) is 0 Å². The third-order valence-corrected chi connectivity index (χ3v) is 7.24. The first kappa shape index (κ1) is 24.0. The van der Waals surface area contributed by atoms with Crippen LogP contribution in [0.4, 0.5) is 0 Å². The summed E-state index contributed by atoms with van der Waals surface area (Å²) < 4.78 is 0. The summed E-state index contributed by atoms with van der Waals surface area (Å²) in [6.45, 7) is 12.2. The number of piperidine rings is 1. The molecule has 3 aliphatic rings. The number of hydrogen-bond acceptors (Lipinski definition) is 4. The van der Waals surface area contributed by atoms with Gasteiger partial charge in [-0.1, -0.05) is 27.7 Å². The summed E-state index contributed by atoms with van der Waals surface area (Å²) in [5, 5.41) is 6.31. The van der Waals surface area contributed by atoms with Crippen LogP contribution in [-0.4, -0.2) is 72.3 Å². The number of nitrogens with zero attached hydrogens (tertiary/aromatic N) is 2. The largest absolute Gasteiger partial charge is 0.356 e. The second-order valence-corrected chi connectivity index (χ2v) is 10.6. The smallest absolute Gasteiger partial charge is 0.245 e. The zero-order chi connectivity index (χ0) is 22.5. The molecular formula is C24H42N4O3. The van der Waals surface area contributed by atoms with E-state index in [-0.39, 0.29) is 29.8 Å². The van der Waals surface area contributed by atoms with Crippen LogP contribution >= 0.6 is 0 Å². The lowest BCUT2D eigenvalue weighted by Crippen LogP contribution is -2.62. The fourth-order valence-electron chi connectivity index (χ4n) is 5.36. The van der Waals surface area contributed by atoms with E-state index in [0.717, 1.165) is 51.9 Å². The van der Waals surface area contributed by atoms with Crippen LogP contribution in [0, 0.1) is 23.7 Å². The van der Waals surface area contributed by atoms with Crippen molar-refractivity contribution in [3.63, 3.8) is 0 Å². The second kappa shape index (κ2) is 10.8. The van der Waals surface area contributed by atoms with Gasteiger partial charge in [-0.25, -0.2) is 0 Å². The van der Waals surface area contributed by atoms with E-state index in [2.05, 4.69) is 38.3 Å². The average Bonchev–Trinajstić information content (AvgIpc) is 3.17. The van der Waals surface area contributed by atoms with Crippen LogP contribution in [0.1, 0.15) is 66.2 Å². The first-order valence-corrected chi connectivity index (χ1v) is 12.4. The summed E-state index contributed by atoms with van der Waals surface area (Å²) in [5.74, 6) is 2.19. The van der Waals surface area contributed by atoms with Gasteiger partial charge >= 0.3 is 0 Å². The Bertz CT molecular complexity index is 643. The molecular weight excluding hydrogens is 392 g/mol. The van der Waals surface area contributed by atoms with Gasteiger partial charge in [-0.05, 0) is 55.8 Å². The molecule has 3 rings (SSSR count). The Labute approximate surface area is 187 Å². The first-order chi connectivity index (χ1) is 14.8. The van der Waals surface area contributed by atoms with Crippen molar-refractivity contribution in [3.8, 4) is 0 Å². The summed E-state index contributed by atoms with van der Waals surface area (Å²) in [6, 6.07) is -0.529. The summed E-state index contributed by atoms with van der Waals surface area (Å²) in [7, 11) is 0. The van der Waals surface area contributed by atoms with E-state index in [0.29, 0.717) is 43.1 Å². The van der Waals surface area contributed by atoms with Crippen molar-refractivity contribution in [1.29, 1.82) is 0 Å². The van der Waals surface area contributed by atoms with Crippen LogP contribution in [0.2, 0.25) is 0 Å². The Morgan fingerprint density at radius 1 is 1.03 bits per heavy atom. The number of rotatable bonds is 8.